The van der Waals surface area contributed by atoms with Gasteiger partial charge >= 0.3 is 0 Å². The Morgan fingerprint density at radius 2 is 1.70 bits per heavy atom. The third kappa shape index (κ3) is 5.28. The van der Waals surface area contributed by atoms with Gasteiger partial charge in [0.05, 0.1) is 26.6 Å². The molecule has 0 bridgehead atoms. The molecule has 0 radical (unpaired) electrons. The second-order valence-corrected chi connectivity index (χ2v) is 13.7. The summed E-state index contributed by atoms with van der Waals surface area (Å²) in [5.41, 5.74) is 1.66. The first-order chi connectivity index (χ1) is 17.6. The molecule has 4 aromatic rings. The van der Waals surface area contributed by atoms with E-state index < -0.39 is 19.9 Å². The number of hydrogen-bond acceptors (Lipinski definition) is 8. The monoisotopic (exact) mass is 556 g/mol. The third-order valence-electron chi connectivity index (χ3n) is 6.12. The van der Waals surface area contributed by atoms with Crippen LogP contribution in [-0.4, -0.2) is 56.4 Å². The number of sulfonamides is 1. The summed E-state index contributed by atoms with van der Waals surface area (Å²) in [6, 6.07) is 14.2. The van der Waals surface area contributed by atoms with Crippen molar-refractivity contribution in [1.29, 1.82) is 0 Å². The smallest absolute Gasteiger partial charge is 0.260 e. The topological polar surface area (TPSA) is 118 Å². The molecule has 1 fully saturated rings. The first kappa shape index (κ1) is 25.5. The lowest BCUT2D eigenvalue weighted by Gasteiger charge is -2.20. The molecule has 1 aliphatic heterocycles. The van der Waals surface area contributed by atoms with Gasteiger partial charge in [0.15, 0.2) is 15.0 Å². The van der Waals surface area contributed by atoms with Gasteiger partial charge in [0, 0.05) is 37.3 Å². The number of hydrogen-bond donors (Lipinski definition) is 0. The highest BCUT2D eigenvalue weighted by atomic mass is 32.2. The van der Waals surface area contributed by atoms with Crippen LogP contribution in [0.2, 0.25) is 0 Å². The van der Waals surface area contributed by atoms with Crippen LogP contribution in [0, 0.1) is 0 Å². The number of anilines is 1. The first-order valence-corrected chi connectivity index (χ1v) is 15.7. The van der Waals surface area contributed by atoms with Crippen LogP contribution in [0.15, 0.2) is 76.8 Å². The number of benzene rings is 2. The van der Waals surface area contributed by atoms with Crippen LogP contribution in [0.4, 0.5) is 5.13 Å². The maximum atomic E-state index is 13.7. The van der Waals surface area contributed by atoms with Crippen molar-refractivity contribution in [3.63, 3.8) is 0 Å². The van der Waals surface area contributed by atoms with E-state index in [0.717, 1.165) is 24.7 Å². The predicted molar refractivity (Wildman–Crippen MR) is 142 cm³/mol. The van der Waals surface area contributed by atoms with E-state index in [-0.39, 0.29) is 22.2 Å². The maximum Gasteiger partial charge on any atom is 0.260 e. The van der Waals surface area contributed by atoms with Crippen molar-refractivity contribution in [2.75, 3.05) is 24.2 Å². The van der Waals surface area contributed by atoms with E-state index in [9.17, 15) is 21.6 Å². The molecule has 1 amide bonds. The Balaban J connectivity index is 1.50. The van der Waals surface area contributed by atoms with Gasteiger partial charge in [-0.2, -0.15) is 4.31 Å². The van der Waals surface area contributed by atoms with Gasteiger partial charge in [-0.25, -0.2) is 21.8 Å². The molecule has 0 saturated carbocycles. The van der Waals surface area contributed by atoms with Crippen LogP contribution < -0.4 is 4.90 Å². The van der Waals surface area contributed by atoms with E-state index in [1.165, 1.54) is 50.9 Å². The van der Waals surface area contributed by atoms with E-state index >= 15 is 0 Å². The van der Waals surface area contributed by atoms with Gasteiger partial charge in [0.1, 0.15) is 0 Å². The largest absolute Gasteiger partial charge is 0.279 e. The van der Waals surface area contributed by atoms with Crippen molar-refractivity contribution in [3.05, 3.63) is 78.1 Å². The summed E-state index contributed by atoms with van der Waals surface area (Å²) in [5.74, 6) is -0.364. The minimum atomic E-state index is -3.59. The van der Waals surface area contributed by atoms with E-state index in [0.29, 0.717) is 34.0 Å². The van der Waals surface area contributed by atoms with Crippen LogP contribution in [0.1, 0.15) is 28.8 Å². The number of nitrogens with zero attached hydrogens (tertiary/aromatic N) is 4. The Kier molecular flexibility index (Phi) is 6.84. The fourth-order valence-corrected chi connectivity index (χ4v) is 7.38. The van der Waals surface area contributed by atoms with E-state index in [4.69, 9.17) is 0 Å². The predicted octanol–water partition coefficient (Wildman–Crippen LogP) is 3.73. The average Bonchev–Trinajstić information content (AvgIpc) is 3.57. The molecule has 0 unspecified atom stereocenters. The molecule has 2 aromatic heterocycles. The SMILES string of the molecule is CS(=O)(=O)c1ccc2nc(N(Cc3cccnc3)C(=O)c3ccc(S(=O)(=O)N4CCCC4)cc3)sc2c1. The molecule has 3 heterocycles. The lowest BCUT2D eigenvalue weighted by molar-refractivity contribution is 0.0985. The molecule has 0 atom stereocenters. The molecule has 192 valence electrons. The number of fused-ring (bicyclic) bond motifs is 1. The first-order valence-electron chi connectivity index (χ1n) is 11.5. The zero-order valence-electron chi connectivity index (χ0n) is 19.9. The number of aromatic nitrogens is 2. The number of thiazole rings is 1. The highest BCUT2D eigenvalue weighted by Gasteiger charge is 2.28. The molecule has 12 heteroatoms. The molecule has 5 rings (SSSR count). The van der Waals surface area contributed by atoms with Crippen LogP contribution in [0.5, 0.6) is 0 Å². The van der Waals surface area contributed by atoms with Gasteiger partial charge in [0.25, 0.3) is 5.91 Å². The molecular weight excluding hydrogens is 532 g/mol. The zero-order valence-corrected chi connectivity index (χ0v) is 22.4. The number of carbonyl (C=O) groups is 1. The molecule has 9 nitrogen and oxygen atoms in total. The quantitative estimate of drug-likeness (QED) is 0.340. The molecule has 2 aromatic carbocycles. The zero-order chi connectivity index (χ0) is 26.2. The molecule has 0 aliphatic carbocycles. The minimum Gasteiger partial charge on any atom is -0.279 e. The molecule has 37 heavy (non-hydrogen) atoms. The number of amides is 1. The van der Waals surface area contributed by atoms with Gasteiger partial charge in [-0.3, -0.25) is 14.7 Å². The van der Waals surface area contributed by atoms with Gasteiger partial charge < -0.3 is 0 Å². The van der Waals surface area contributed by atoms with Crippen molar-refractivity contribution < 1.29 is 21.6 Å². The van der Waals surface area contributed by atoms with Crippen LogP contribution >= 0.6 is 11.3 Å². The van der Waals surface area contributed by atoms with Crippen molar-refractivity contribution in [2.24, 2.45) is 0 Å². The van der Waals surface area contributed by atoms with Gasteiger partial charge in [-0.15, -0.1) is 0 Å². The lowest BCUT2D eigenvalue weighted by Crippen LogP contribution is -2.30. The molecule has 0 spiro atoms. The summed E-state index contributed by atoms with van der Waals surface area (Å²) in [7, 11) is -6.99. The summed E-state index contributed by atoms with van der Waals surface area (Å²) in [6.07, 6.45) is 6.11. The number of rotatable bonds is 7. The summed E-state index contributed by atoms with van der Waals surface area (Å²) in [4.78, 5) is 24.2. The normalized spacial score (nSPS) is 14.7. The molecular formula is C25H24N4O5S3. The Morgan fingerprint density at radius 1 is 1.00 bits per heavy atom. The van der Waals surface area contributed by atoms with E-state index in [1.54, 1.807) is 30.6 Å². The van der Waals surface area contributed by atoms with Crippen molar-refractivity contribution in [2.45, 2.75) is 29.2 Å². The summed E-state index contributed by atoms with van der Waals surface area (Å²) in [6.45, 7) is 1.18. The highest BCUT2D eigenvalue weighted by molar-refractivity contribution is 7.90. The standard InChI is InChI=1S/C25H24N4O5S3/c1-36(31,32)21-10-11-22-23(15-21)35-25(27-22)29(17-18-5-4-12-26-16-18)24(30)19-6-8-20(9-7-19)37(33,34)28-13-2-3-14-28/h4-12,15-16H,2-3,13-14,17H2,1H3. The average molecular weight is 557 g/mol. The third-order valence-corrected chi connectivity index (χ3v) is 10.2. The fourth-order valence-electron chi connectivity index (χ4n) is 4.14. The van der Waals surface area contributed by atoms with Gasteiger partial charge in [-0.05, 0) is 66.9 Å². The second kappa shape index (κ2) is 9.93. The second-order valence-electron chi connectivity index (χ2n) is 8.79. The molecule has 0 N–H and O–H groups in total. The van der Waals surface area contributed by atoms with Crippen LogP contribution in [0.25, 0.3) is 10.2 Å². The van der Waals surface area contributed by atoms with Gasteiger partial charge in [0.2, 0.25) is 10.0 Å². The Hall–Kier alpha value is -3.19. The van der Waals surface area contributed by atoms with E-state index in [2.05, 4.69) is 9.97 Å². The van der Waals surface area contributed by atoms with Crippen LogP contribution in [0.3, 0.4) is 0 Å². The maximum absolute atomic E-state index is 13.7. The number of pyridine rings is 1. The summed E-state index contributed by atoms with van der Waals surface area (Å²) >= 11 is 1.21. The van der Waals surface area contributed by atoms with Crippen molar-refractivity contribution in [1.82, 2.24) is 14.3 Å². The Bertz CT molecular complexity index is 1660. The fraction of sp³-hybridized carbons (Fsp3) is 0.240. The highest BCUT2D eigenvalue weighted by Crippen LogP contribution is 2.32. The number of carbonyl (C=O) groups excluding carboxylic acids is 1. The molecule has 1 saturated heterocycles. The van der Waals surface area contributed by atoms with Crippen LogP contribution in [-0.2, 0) is 26.4 Å². The Morgan fingerprint density at radius 3 is 2.35 bits per heavy atom. The van der Waals surface area contributed by atoms with E-state index in [1.807, 2.05) is 6.07 Å². The van der Waals surface area contributed by atoms with Gasteiger partial charge in [-0.1, -0.05) is 17.4 Å². The van der Waals surface area contributed by atoms with Crippen molar-refractivity contribution >= 4 is 52.5 Å². The minimum absolute atomic E-state index is 0.151. The molecule has 1 aliphatic rings. The summed E-state index contributed by atoms with van der Waals surface area (Å²) < 4.78 is 51.9. The summed E-state index contributed by atoms with van der Waals surface area (Å²) in [5, 5.41) is 0.392. The lowest BCUT2D eigenvalue weighted by atomic mass is 10.2. The van der Waals surface area contributed by atoms with Crippen molar-refractivity contribution in [3.8, 4) is 0 Å². The number of sulfone groups is 1. The Labute approximate surface area is 219 Å².